The fraction of sp³-hybridized carbons (Fsp3) is 1.00. The number of likely N-dealkylation sites (tertiary alicyclic amines) is 1. The monoisotopic (exact) mass is 240 g/mol. The van der Waals surface area contributed by atoms with E-state index in [0.29, 0.717) is 0 Å². The van der Waals surface area contributed by atoms with E-state index in [4.69, 9.17) is 0 Å². The lowest BCUT2D eigenvalue weighted by Crippen LogP contribution is -2.42. The highest BCUT2D eigenvalue weighted by Gasteiger charge is 2.21. The molecule has 0 aliphatic carbocycles. The topological polar surface area (TPSA) is 15.3 Å². The summed E-state index contributed by atoms with van der Waals surface area (Å²) in [7, 11) is 0. The molecule has 2 heteroatoms. The summed E-state index contributed by atoms with van der Waals surface area (Å²) in [6.07, 6.45) is 5.45. The van der Waals surface area contributed by atoms with E-state index in [0.717, 1.165) is 17.9 Å². The average molecular weight is 240 g/mol. The van der Waals surface area contributed by atoms with Crippen LogP contribution < -0.4 is 5.32 Å². The molecule has 1 fully saturated rings. The lowest BCUT2D eigenvalue weighted by Gasteiger charge is -2.36. The standard InChI is InChI=1S/C15H32N2/c1-5-6-14(4)17-9-7-15(8-10-17)12-16-11-13(2)3/h13-16H,5-12H2,1-4H3. The van der Waals surface area contributed by atoms with Crippen molar-refractivity contribution in [3.8, 4) is 0 Å². The van der Waals surface area contributed by atoms with Crippen LogP contribution in [0.15, 0.2) is 0 Å². The van der Waals surface area contributed by atoms with Crippen molar-refractivity contribution in [2.24, 2.45) is 11.8 Å². The van der Waals surface area contributed by atoms with Crippen LogP contribution in [0.2, 0.25) is 0 Å². The summed E-state index contributed by atoms with van der Waals surface area (Å²) in [4.78, 5) is 2.68. The fourth-order valence-electron chi connectivity index (χ4n) is 2.77. The molecular weight excluding hydrogens is 208 g/mol. The molecule has 0 aromatic carbocycles. The van der Waals surface area contributed by atoms with Gasteiger partial charge in [0.2, 0.25) is 0 Å². The van der Waals surface area contributed by atoms with Crippen LogP contribution in [0.3, 0.4) is 0 Å². The van der Waals surface area contributed by atoms with Gasteiger partial charge in [0, 0.05) is 6.04 Å². The molecule has 0 radical (unpaired) electrons. The van der Waals surface area contributed by atoms with Crippen molar-refractivity contribution in [3.05, 3.63) is 0 Å². The van der Waals surface area contributed by atoms with Crippen LogP contribution in [0.1, 0.15) is 53.4 Å². The van der Waals surface area contributed by atoms with Crippen molar-refractivity contribution >= 4 is 0 Å². The Balaban J connectivity index is 2.13. The Morgan fingerprint density at radius 3 is 2.35 bits per heavy atom. The van der Waals surface area contributed by atoms with Gasteiger partial charge in [-0.1, -0.05) is 27.2 Å². The Morgan fingerprint density at radius 1 is 1.18 bits per heavy atom. The minimum atomic E-state index is 0.777. The fourth-order valence-corrected chi connectivity index (χ4v) is 2.77. The quantitative estimate of drug-likeness (QED) is 0.735. The van der Waals surface area contributed by atoms with Crippen LogP contribution in [0, 0.1) is 11.8 Å². The van der Waals surface area contributed by atoms with Crippen molar-refractivity contribution in [1.82, 2.24) is 10.2 Å². The maximum Gasteiger partial charge on any atom is 0.00668 e. The van der Waals surface area contributed by atoms with Crippen LogP contribution >= 0.6 is 0 Å². The molecule has 0 amide bonds. The van der Waals surface area contributed by atoms with Gasteiger partial charge < -0.3 is 10.2 Å². The average Bonchev–Trinajstić information content (AvgIpc) is 2.30. The maximum atomic E-state index is 3.61. The lowest BCUT2D eigenvalue weighted by molar-refractivity contribution is 0.133. The summed E-state index contributed by atoms with van der Waals surface area (Å²) in [6, 6.07) is 0.796. The number of hydrogen-bond donors (Lipinski definition) is 1. The Labute approximate surface area is 108 Å². The minimum Gasteiger partial charge on any atom is -0.316 e. The van der Waals surface area contributed by atoms with Gasteiger partial charge in [-0.25, -0.2) is 0 Å². The van der Waals surface area contributed by atoms with E-state index >= 15 is 0 Å². The second-order valence-electron chi connectivity index (χ2n) is 6.17. The number of nitrogens with one attached hydrogen (secondary N) is 1. The first-order valence-electron chi connectivity index (χ1n) is 7.58. The Kier molecular flexibility index (Phi) is 7.14. The van der Waals surface area contributed by atoms with Gasteiger partial charge >= 0.3 is 0 Å². The van der Waals surface area contributed by atoms with E-state index in [1.165, 1.54) is 51.9 Å². The first-order valence-corrected chi connectivity index (χ1v) is 7.58. The molecular formula is C15H32N2. The molecule has 17 heavy (non-hydrogen) atoms. The maximum absolute atomic E-state index is 3.61. The van der Waals surface area contributed by atoms with Crippen LogP contribution in [-0.4, -0.2) is 37.1 Å². The van der Waals surface area contributed by atoms with Crippen LogP contribution in [0.25, 0.3) is 0 Å². The summed E-state index contributed by atoms with van der Waals surface area (Å²) in [5.41, 5.74) is 0. The molecule has 1 unspecified atom stereocenters. The Morgan fingerprint density at radius 2 is 1.82 bits per heavy atom. The van der Waals surface area contributed by atoms with E-state index in [1.807, 2.05) is 0 Å². The first kappa shape index (κ1) is 15.0. The molecule has 1 rings (SSSR count). The Bertz CT molecular complexity index is 183. The molecule has 1 heterocycles. The van der Waals surface area contributed by atoms with Gasteiger partial charge in [-0.05, 0) is 64.2 Å². The van der Waals surface area contributed by atoms with Crippen LogP contribution in [0.5, 0.6) is 0 Å². The van der Waals surface area contributed by atoms with Gasteiger partial charge in [-0.3, -0.25) is 0 Å². The smallest absolute Gasteiger partial charge is 0.00668 e. The van der Waals surface area contributed by atoms with Crippen molar-refractivity contribution in [1.29, 1.82) is 0 Å². The molecule has 0 saturated carbocycles. The highest BCUT2D eigenvalue weighted by atomic mass is 15.2. The van der Waals surface area contributed by atoms with E-state index in [-0.39, 0.29) is 0 Å². The third-order valence-electron chi connectivity index (χ3n) is 3.96. The number of piperidine rings is 1. The molecule has 2 nitrogen and oxygen atoms in total. The van der Waals surface area contributed by atoms with Gasteiger partial charge in [0.1, 0.15) is 0 Å². The molecule has 102 valence electrons. The van der Waals surface area contributed by atoms with E-state index in [2.05, 4.69) is 37.9 Å². The summed E-state index contributed by atoms with van der Waals surface area (Å²) in [6.45, 7) is 14.3. The minimum absolute atomic E-state index is 0.777. The molecule has 1 aliphatic rings. The number of nitrogens with zero attached hydrogens (tertiary/aromatic N) is 1. The van der Waals surface area contributed by atoms with Gasteiger partial charge in [0.15, 0.2) is 0 Å². The SMILES string of the molecule is CCCC(C)N1CCC(CNCC(C)C)CC1. The zero-order valence-corrected chi connectivity index (χ0v) is 12.3. The molecule has 1 atom stereocenters. The second-order valence-corrected chi connectivity index (χ2v) is 6.17. The van der Waals surface area contributed by atoms with Crippen LogP contribution in [-0.2, 0) is 0 Å². The normalized spacial score (nSPS) is 21.0. The molecule has 0 aromatic heterocycles. The summed E-state index contributed by atoms with van der Waals surface area (Å²) >= 11 is 0. The first-order chi connectivity index (χ1) is 8.13. The summed E-state index contributed by atoms with van der Waals surface area (Å²) in [5, 5.41) is 3.61. The zero-order valence-electron chi connectivity index (χ0n) is 12.3. The van der Waals surface area contributed by atoms with E-state index < -0.39 is 0 Å². The van der Waals surface area contributed by atoms with Crippen molar-refractivity contribution in [3.63, 3.8) is 0 Å². The number of rotatable bonds is 7. The van der Waals surface area contributed by atoms with E-state index in [1.54, 1.807) is 0 Å². The molecule has 0 bridgehead atoms. The third kappa shape index (κ3) is 5.87. The molecule has 1 saturated heterocycles. The number of hydrogen-bond acceptors (Lipinski definition) is 2. The van der Waals surface area contributed by atoms with Gasteiger partial charge in [0.05, 0.1) is 0 Å². The molecule has 0 aromatic rings. The van der Waals surface area contributed by atoms with Gasteiger partial charge in [0.25, 0.3) is 0 Å². The van der Waals surface area contributed by atoms with Crippen molar-refractivity contribution < 1.29 is 0 Å². The Hall–Kier alpha value is -0.0800. The van der Waals surface area contributed by atoms with Gasteiger partial charge in [-0.2, -0.15) is 0 Å². The van der Waals surface area contributed by atoms with Crippen molar-refractivity contribution in [2.75, 3.05) is 26.2 Å². The van der Waals surface area contributed by atoms with E-state index in [9.17, 15) is 0 Å². The highest BCUT2D eigenvalue weighted by molar-refractivity contribution is 4.77. The summed E-state index contributed by atoms with van der Waals surface area (Å²) in [5.74, 6) is 1.69. The largest absolute Gasteiger partial charge is 0.316 e. The predicted molar refractivity (Wildman–Crippen MR) is 76.4 cm³/mol. The van der Waals surface area contributed by atoms with Crippen molar-refractivity contribution in [2.45, 2.75) is 59.4 Å². The molecule has 1 N–H and O–H groups in total. The lowest BCUT2D eigenvalue weighted by atomic mass is 9.95. The van der Waals surface area contributed by atoms with Crippen LogP contribution in [0.4, 0.5) is 0 Å². The predicted octanol–water partition coefficient (Wildman–Crippen LogP) is 3.13. The zero-order chi connectivity index (χ0) is 12.7. The highest BCUT2D eigenvalue weighted by Crippen LogP contribution is 2.19. The van der Waals surface area contributed by atoms with Gasteiger partial charge in [-0.15, -0.1) is 0 Å². The summed E-state index contributed by atoms with van der Waals surface area (Å²) < 4.78 is 0. The molecule has 0 spiro atoms. The molecule has 1 aliphatic heterocycles. The second kappa shape index (κ2) is 8.10. The third-order valence-corrected chi connectivity index (χ3v) is 3.96.